The van der Waals surface area contributed by atoms with Crippen LogP contribution in [0.15, 0.2) is 42.7 Å². The monoisotopic (exact) mass is 286 g/mol. The van der Waals surface area contributed by atoms with Crippen LogP contribution in [0.5, 0.6) is 0 Å². The summed E-state index contributed by atoms with van der Waals surface area (Å²) in [6.07, 6.45) is 4.68. The van der Waals surface area contributed by atoms with Gasteiger partial charge in [-0.1, -0.05) is 37.3 Å². The zero-order chi connectivity index (χ0) is 15.3. The van der Waals surface area contributed by atoms with Gasteiger partial charge in [-0.25, -0.2) is 0 Å². The zero-order valence-corrected chi connectivity index (χ0v) is 12.5. The van der Waals surface area contributed by atoms with Gasteiger partial charge < -0.3 is 11.1 Å². The Bertz CT molecular complexity index is 593. The smallest absolute Gasteiger partial charge is 0.239 e. The second-order valence-corrected chi connectivity index (χ2v) is 5.42. The molecule has 0 radical (unpaired) electrons. The number of amides is 1. The standard InChI is InChI=1S/C16H22N4O/c1-3-9-18-16(2,15(17)21)12-20-11-14(10-19-20)13-7-5-4-6-8-13/h4-8,10-11,18H,3,9,12H2,1-2H3,(H2,17,21). The van der Waals surface area contributed by atoms with Crippen LogP contribution in [0, 0.1) is 0 Å². The van der Waals surface area contributed by atoms with Gasteiger partial charge in [-0.05, 0) is 25.5 Å². The predicted octanol–water partition coefficient (Wildman–Crippen LogP) is 1.79. The fourth-order valence-corrected chi connectivity index (χ4v) is 2.18. The number of nitrogens with zero attached hydrogens (tertiary/aromatic N) is 2. The lowest BCUT2D eigenvalue weighted by molar-refractivity contribution is -0.124. The molecule has 1 amide bonds. The fourth-order valence-electron chi connectivity index (χ4n) is 2.18. The van der Waals surface area contributed by atoms with Crippen LogP contribution in [0.3, 0.4) is 0 Å². The van der Waals surface area contributed by atoms with Crippen molar-refractivity contribution in [1.29, 1.82) is 0 Å². The number of aromatic nitrogens is 2. The maximum atomic E-state index is 11.7. The molecule has 5 heteroatoms. The maximum absolute atomic E-state index is 11.7. The molecule has 21 heavy (non-hydrogen) atoms. The van der Waals surface area contributed by atoms with Crippen molar-refractivity contribution in [1.82, 2.24) is 15.1 Å². The molecule has 0 saturated heterocycles. The van der Waals surface area contributed by atoms with E-state index in [1.165, 1.54) is 0 Å². The van der Waals surface area contributed by atoms with Crippen LogP contribution in [-0.2, 0) is 11.3 Å². The average Bonchev–Trinajstić information content (AvgIpc) is 2.94. The first-order valence-electron chi connectivity index (χ1n) is 7.18. The van der Waals surface area contributed by atoms with Gasteiger partial charge in [0.25, 0.3) is 0 Å². The Morgan fingerprint density at radius 2 is 2.05 bits per heavy atom. The van der Waals surface area contributed by atoms with E-state index in [-0.39, 0.29) is 5.91 Å². The van der Waals surface area contributed by atoms with Crippen LogP contribution in [-0.4, -0.2) is 27.8 Å². The lowest BCUT2D eigenvalue weighted by atomic mass is 10.0. The first kappa shape index (κ1) is 15.3. The van der Waals surface area contributed by atoms with E-state index in [1.807, 2.05) is 43.5 Å². The quantitative estimate of drug-likeness (QED) is 0.815. The number of rotatable bonds is 7. The predicted molar refractivity (Wildman–Crippen MR) is 83.6 cm³/mol. The molecule has 0 fully saturated rings. The van der Waals surface area contributed by atoms with Crippen molar-refractivity contribution < 1.29 is 4.79 Å². The number of primary amides is 1. The second-order valence-electron chi connectivity index (χ2n) is 5.42. The lowest BCUT2D eigenvalue weighted by Gasteiger charge is -2.27. The molecule has 0 spiro atoms. The summed E-state index contributed by atoms with van der Waals surface area (Å²) in [7, 11) is 0. The Hall–Kier alpha value is -2.14. The molecule has 1 aromatic heterocycles. The van der Waals surface area contributed by atoms with Gasteiger partial charge in [0.1, 0.15) is 5.54 Å². The van der Waals surface area contributed by atoms with Crippen molar-refractivity contribution in [2.45, 2.75) is 32.4 Å². The van der Waals surface area contributed by atoms with Gasteiger partial charge in [-0.15, -0.1) is 0 Å². The minimum Gasteiger partial charge on any atom is -0.368 e. The lowest BCUT2D eigenvalue weighted by Crippen LogP contribution is -2.56. The molecular formula is C16H22N4O. The topological polar surface area (TPSA) is 72.9 Å². The van der Waals surface area contributed by atoms with Crippen molar-refractivity contribution >= 4 is 5.91 Å². The summed E-state index contributed by atoms with van der Waals surface area (Å²) in [5, 5.41) is 7.54. The molecule has 0 aliphatic rings. The van der Waals surface area contributed by atoms with Crippen LogP contribution in [0.2, 0.25) is 0 Å². The summed E-state index contributed by atoms with van der Waals surface area (Å²) in [6, 6.07) is 10.0. The summed E-state index contributed by atoms with van der Waals surface area (Å²) >= 11 is 0. The van der Waals surface area contributed by atoms with Crippen LogP contribution >= 0.6 is 0 Å². The highest BCUT2D eigenvalue weighted by Crippen LogP contribution is 2.18. The maximum Gasteiger partial charge on any atom is 0.239 e. The second kappa shape index (κ2) is 6.54. The van der Waals surface area contributed by atoms with Gasteiger partial charge >= 0.3 is 0 Å². The van der Waals surface area contributed by atoms with Gasteiger partial charge in [-0.2, -0.15) is 5.10 Å². The third-order valence-corrected chi connectivity index (χ3v) is 3.53. The molecule has 2 aromatic rings. The molecule has 1 atom stereocenters. The van der Waals surface area contributed by atoms with E-state index in [1.54, 1.807) is 10.9 Å². The highest BCUT2D eigenvalue weighted by molar-refractivity contribution is 5.84. The molecule has 112 valence electrons. The zero-order valence-electron chi connectivity index (χ0n) is 12.5. The van der Waals surface area contributed by atoms with Crippen molar-refractivity contribution in [3.8, 4) is 11.1 Å². The Morgan fingerprint density at radius 3 is 2.67 bits per heavy atom. The van der Waals surface area contributed by atoms with E-state index in [0.717, 1.165) is 24.1 Å². The summed E-state index contributed by atoms with van der Waals surface area (Å²) < 4.78 is 1.76. The van der Waals surface area contributed by atoms with Crippen LogP contribution in [0.25, 0.3) is 11.1 Å². The Kier molecular flexibility index (Phi) is 4.75. The molecule has 1 heterocycles. The van der Waals surface area contributed by atoms with Gasteiger partial charge in [-0.3, -0.25) is 9.48 Å². The summed E-state index contributed by atoms with van der Waals surface area (Å²) in [4.78, 5) is 11.7. The highest BCUT2D eigenvalue weighted by Gasteiger charge is 2.31. The average molecular weight is 286 g/mol. The van der Waals surface area contributed by atoms with Gasteiger partial charge in [0.05, 0.1) is 12.7 Å². The normalized spacial score (nSPS) is 13.8. The van der Waals surface area contributed by atoms with Gasteiger partial charge in [0.2, 0.25) is 5.91 Å². The van der Waals surface area contributed by atoms with E-state index in [4.69, 9.17) is 5.73 Å². The first-order chi connectivity index (χ1) is 10.0. The molecule has 1 aromatic carbocycles. The van der Waals surface area contributed by atoms with Crippen molar-refractivity contribution in [2.75, 3.05) is 6.54 Å². The molecule has 5 nitrogen and oxygen atoms in total. The SMILES string of the molecule is CCCNC(C)(Cn1cc(-c2ccccc2)cn1)C(N)=O. The number of hydrogen-bond donors (Lipinski definition) is 2. The third kappa shape index (κ3) is 3.70. The van der Waals surface area contributed by atoms with Crippen molar-refractivity contribution in [3.05, 3.63) is 42.7 Å². The number of carbonyl (C=O) groups excluding carboxylic acids is 1. The van der Waals surface area contributed by atoms with Crippen molar-refractivity contribution in [2.24, 2.45) is 5.73 Å². The van der Waals surface area contributed by atoms with Crippen LogP contribution in [0.4, 0.5) is 0 Å². The number of nitrogens with two attached hydrogens (primary N) is 1. The number of hydrogen-bond acceptors (Lipinski definition) is 3. The summed E-state index contributed by atoms with van der Waals surface area (Å²) in [5.41, 5.74) is 6.87. The Balaban J connectivity index is 2.15. The van der Waals surface area contributed by atoms with Gasteiger partial charge in [0.15, 0.2) is 0 Å². The molecule has 0 bridgehead atoms. The van der Waals surface area contributed by atoms with E-state index >= 15 is 0 Å². The number of carbonyl (C=O) groups is 1. The highest BCUT2D eigenvalue weighted by atomic mass is 16.1. The van der Waals surface area contributed by atoms with Crippen LogP contribution < -0.4 is 11.1 Å². The first-order valence-corrected chi connectivity index (χ1v) is 7.18. The minimum atomic E-state index is -0.796. The molecule has 0 saturated carbocycles. The van der Waals surface area contributed by atoms with E-state index < -0.39 is 5.54 Å². The fraction of sp³-hybridized carbons (Fsp3) is 0.375. The van der Waals surface area contributed by atoms with E-state index in [0.29, 0.717) is 6.54 Å². The molecule has 0 aliphatic carbocycles. The molecule has 2 rings (SSSR count). The van der Waals surface area contributed by atoms with E-state index in [9.17, 15) is 4.79 Å². The minimum absolute atomic E-state index is 0.368. The largest absolute Gasteiger partial charge is 0.368 e. The number of benzene rings is 1. The van der Waals surface area contributed by atoms with Crippen LogP contribution in [0.1, 0.15) is 20.3 Å². The molecule has 0 aliphatic heterocycles. The Labute approximate surface area is 125 Å². The summed E-state index contributed by atoms with van der Waals surface area (Å²) in [6.45, 7) is 5.02. The molecular weight excluding hydrogens is 264 g/mol. The van der Waals surface area contributed by atoms with Crippen molar-refractivity contribution in [3.63, 3.8) is 0 Å². The third-order valence-electron chi connectivity index (χ3n) is 3.53. The summed E-state index contributed by atoms with van der Waals surface area (Å²) in [5.74, 6) is -0.368. The number of nitrogens with one attached hydrogen (secondary N) is 1. The van der Waals surface area contributed by atoms with Gasteiger partial charge in [0, 0.05) is 11.8 Å². The molecule has 3 N–H and O–H groups in total. The Morgan fingerprint density at radius 1 is 1.33 bits per heavy atom. The molecule has 1 unspecified atom stereocenters. The van der Waals surface area contributed by atoms with E-state index in [2.05, 4.69) is 17.3 Å².